The van der Waals surface area contributed by atoms with Crippen LogP contribution in [0.3, 0.4) is 0 Å². The first-order chi connectivity index (χ1) is 8.48. The third-order valence-corrected chi connectivity index (χ3v) is 4.94. The third kappa shape index (κ3) is 2.19. The molecule has 2 N–H and O–H groups in total. The molecule has 2 rings (SSSR count). The lowest BCUT2D eigenvalue weighted by atomic mass is 10.4. The van der Waals surface area contributed by atoms with E-state index in [0.29, 0.717) is 0 Å². The second kappa shape index (κ2) is 4.59. The lowest BCUT2D eigenvalue weighted by molar-refractivity contribution is 0.407. The van der Waals surface area contributed by atoms with Crippen LogP contribution in [0.25, 0.3) is 0 Å². The average Bonchev–Trinajstić information content (AvgIpc) is 3.05. The predicted molar refractivity (Wildman–Crippen MR) is 64.8 cm³/mol. The van der Waals surface area contributed by atoms with Gasteiger partial charge >= 0.3 is 0 Å². The molecule has 0 aromatic carbocycles. The average molecular weight is 269 g/mol. The Morgan fingerprint density at radius 1 is 1.67 bits per heavy atom. The van der Waals surface area contributed by atoms with Crippen molar-refractivity contribution in [3.8, 4) is 6.07 Å². The van der Waals surface area contributed by atoms with Crippen LogP contribution in [0.2, 0.25) is 0 Å². The first kappa shape index (κ1) is 12.9. The Labute approximate surface area is 106 Å². The van der Waals surface area contributed by atoms with Crippen LogP contribution in [0.15, 0.2) is 11.4 Å². The molecule has 1 aliphatic carbocycles. The Hall–Kier alpha value is -1.59. The van der Waals surface area contributed by atoms with Gasteiger partial charge in [0.15, 0.2) is 10.8 Å². The molecule has 98 valence electrons. The van der Waals surface area contributed by atoms with E-state index in [1.165, 1.54) is 15.2 Å². The van der Waals surface area contributed by atoms with Crippen molar-refractivity contribution in [2.24, 2.45) is 7.05 Å². The molecule has 0 saturated heterocycles. The van der Waals surface area contributed by atoms with Gasteiger partial charge in [-0.3, -0.25) is 0 Å². The Morgan fingerprint density at radius 2 is 2.33 bits per heavy atom. The Morgan fingerprint density at radius 3 is 2.78 bits per heavy atom. The van der Waals surface area contributed by atoms with Gasteiger partial charge < -0.3 is 10.3 Å². The van der Waals surface area contributed by atoms with Gasteiger partial charge in [0.05, 0.1) is 12.4 Å². The lowest BCUT2D eigenvalue weighted by Crippen LogP contribution is -2.35. The molecule has 0 amide bonds. The van der Waals surface area contributed by atoms with E-state index in [1.807, 2.05) is 6.07 Å². The highest BCUT2D eigenvalue weighted by molar-refractivity contribution is 7.89. The summed E-state index contributed by atoms with van der Waals surface area (Å²) in [5.74, 6) is 0.0000997. The Kier molecular flexibility index (Phi) is 3.28. The van der Waals surface area contributed by atoms with Crippen molar-refractivity contribution in [1.82, 2.24) is 13.9 Å². The van der Waals surface area contributed by atoms with E-state index in [-0.39, 0.29) is 29.9 Å². The number of anilines is 1. The van der Waals surface area contributed by atoms with Crippen LogP contribution in [0.5, 0.6) is 0 Å². The largest absolute Gasteiger partial charge is 0.381 e. The maximum absolute atomic E-state index is 12.5. The van der Waals surface area contributed by atoms with E-state index >= 15 is 0 Å². The van der Waals surface area contributed by atoms with Gasteiger partial charge in [-0.1, -0.05) is 0 Å². The highest BCUT2D eigenvalue weighted by Crippen LogP contribution is 2.33. The molecule has 18 heavy (non-hydrogen) atoms. The van der Waals surface area contributed by atoms with Crippen molar-refractivity contribution >= 4 is 15.8 Å². The van der Waals surface area contributed by atoms with Crippen LogP contribution in [-0.2, 0) is 17.1 Å². The summed E-state index contributed by atoms with van der Waals surface area (Å²) in [6, 6.07) is 1.97. The van der Waals surface area contributed by atoms with Crippen LogP contribution in [-0.4, -0.2) is 34.9 Å². The minimum Gasteiger partial charge on any atom is -0.381 e. The smallest absolute Gasteiger partial charge is 0.262 e. The molecule has 1 heterocycles. The molecule has 1 aromatic rings. The van der Waals surface area contributed by atoms with E-state index in [2.05, 4.69) is 4.98 Å². The van der Waals surface area contributed by atoms with Crippen LogP contribution < -0.4 is 5.73 Å². The molecule has 1 aromatic heterocycles. The number of rotatable bonds is 5. The van der Waals surface area contributed by atoms with Crippen LogP contribution in [0, 0.1) is 11.3 Å². The van der Waals surface area contributed by atoms with E-state index in [1.54, 1.807) is 7.05 Å². The summed E-state index contributed by atoms with van der Waals surface area (Å²) in [4.78, 5) is 3.79. The summed E-state index contributed by atoms with van der Waals surface area (Å²) in [5, 5.41) is 8.62. The van der Waals surface area contributed by atoms with E-state index in [4.69, 9.17) is 11.0 Å². The Balaban J connectivity index is 2.37. The second-order valence-corrected chi connectivity index (χ2v) is 6.11. The zero-order valence-electron chi connectivity index (χ0n) is 10.1. The number of nitrogens with two attached hydrogens (primary N) is 1. The lowest BCUT2D eigenvalue weighted by Gasteiger charge is -2.20. The number of hydrogen-bond acceptors (Lipinski definition) is 5. The minimum atomic E-state index is -3.67. The predicted octanol–water partition coefficient (Wildman–Crippen LogP) is 0.0691. The van der Waals surface area contributed by atoms with E-state index < -0.39 is 10.0 Å². The molecule has 0 unspecified atom stereocenters. The number of nitrogen functional groups attached to an aromatic ring is 1. The van der Waals surface area contributed by atoms with Gasteiger partial charge in [0.2, 0.25) is 0 Å². The van der Waals surface area contributed by atoms with Crippen molar-refractivity contribution in [2.45, 2.75) is 30.3 Å². The van der Waals surface area contributed by atoms with E-state index in [9.17, 15) is 8.42 Å². The van der Waals surface area contributed by atoms with Crippen molar-refractivity contribution in [1.29, 1.82) is 5.26 Å². The minimum absolute atomic E-state index is 0.0000997. The molecule has 0 radical (unpaired) electrons. The fourth-order valence-electron chi connectivity index (χ4n) is 1.88. The van der Waals surface area contributed by atoms with Crippen molar-refractivity contribution in [2.75, 3.05) is 12.3 Å². The SMILES string of the molecule is Cn1cnc(N)c1S(=O)(=O)N(CCC#N)C1CC1. The van der Waals surface area contributed by atoms with Crippen LogP contribution in [0.4, 0.5) is 5.82 Å². The molecule has 0 aliphatic heterocycles. The van der Waals surface area contributed by atoms with Crippen molar-refractivity contribution in [3.05, 3.63) is 6.33 Å². The van der Waals surface area contributed by atoms with Crippen LogP contribution in [0.1, 0.15) is 19.3 Å². The topological polar surface area (TPSA) is 105 Å². The number of hydrogen-bond donors (Lipinski definition) is 1. The first-order valence-corrected chi connectivity index (χ1v) is 7.08. The zero-order chi connectivity index (χ0) is 13.3. The maximum Gasteiger partial charge on any atom is 0.262 e. The molecule has 1 fully saturated rings. The second-order valence-electron chi connectivity index (χ2n) is 4.30. The number of nitriles is 1. The number of nitrogens with zero attached hydrogens (tertiary/aromatic N) is 4. The molecule has 1 saturated carbocycles. The van der Waals surface area contributed by atoms with Gasteiger partial charge in [-0.15, -0.1) is 0 Å². The zero-order valence-corrected chi connectivity index (χ0v) is 10.9. The van der Waals surface area contributed by atoms with Gasteiger partial charge in [0.25, 0.3) is 10.0 Å². The van der Waals surface area contributed by atoms with Gasteiger partial charge in [0, 0.05) is 26.1 Å². The monoisotopic (exact) mass is 269 g/mol. The molecular weight excluding hydrogens is 254 g/mol. The highest BCUT2D eigenvalue weighted by atomic mass is 32.2. The highest BCUT2D eigenvalue weighted by Gasteiger charge is 2.40. The molecule has 8 heteroatoms. The fourth-order valence-corrected chi connectivity index (χ4v) is 3.77. The summed E-state index contributed by atoms with van der Waals surface area (Å²) in [7, 11) is -2.08. The summed E-state index contributed by atoms with van der Waals surface area (Å²) in [6.07, 6.45) is 3.22. The maximum atomic E-state index is 12.5. The Bertz CT molecular complexity index is 562. The summed E-state index contributed by atoms with van der Waals surface area (Å²) in [5.41, 5.74) is 5.61. The number of aromatic nitrogens is 2. The summed E-state index contributed by atoms with van der Waals surface area (Å²) >= 11 is 0. The quantitative estimate of drug-likeness (QED) is 0.814. The molecule has 7 nitrogen and oxygen atoms in total. The standard InChI is InChI=1S/C10H15N5O2S/c1-14-7-13-9(12)10(14)18(16,17)15(6-2-5-11)8-3-4-8/h7-8H,2-4,6,12H2,1H3. The fraction of sp³-hybridized carbons (Fsp3) is 0.600. The van der Waals surface area contributed by atoms with Gasteiger partial charge in [-0.2, -0.15) is 9.57 Å². The van der Waals surface area contributed by atoms with Gasteiger partial charge in [0.1, 0.15) is 0 Å². The molecule has 0 bridgehead atoms. The van der Waals surface area contributed by atoms with E-state index in [0.717, 1.165) is 12.8 Å². The summed E-state index contributed by atoms with van der Waals surface area (Å²) in [6.45, 7) is 0.203. The van der Waals surface area contributed by atoms with Gasteiger partial charge in [-0.25, -0.2) is 13.4 Å². The third-order valence-electron chi connectivity index (χ3n) is 2.86. The number of imidazole rings is 1. The molecular formula is C10H15N5O2S. The number of sulfonamides is 1. The van der Waals surface area contributed by atoms with Crippen LogP contribution >= 0.6 is 0 Å². The van der Waals surface area contributed by atoms with Crippen molar-refractivity contribution < 1.29 is 8.42 Å². The normalized spacial score (nSPS) is 15.8. The first-order valence-electron chi connectivity index (χ1n) is 5.64. The molecule has 1 aliphatic rings. The summed E-state index contributed by atoms with van der Waals surface area (Å²) < 4.78 is 27.8. The molecule has 0 atom stereocenters. The number of aryl methyl sites for hydroxylation is 1. The van der Waals surface area contributed by atoms with Gasteiger partial charge in [-0.05, 0) is 12.8 Å². The molecule has 0 spiro atoms. The van der Waals surface area contributed by atoms with Crippen molar-refractivity contribution in [3.63, 3.8) is 0 Å².